The predicted molar refractivity (Wildman–Crippen MR) is 64.4 cm³/mol. The molecule has 6 heteroatoms. The molecule has 0 radical (unpaired) electrons. The lowest BCUT2D eigenvalue weighted by Gasteiger charge is -2.08. The fourth-order valence-corrected chi connectivity index (χ4v) is 1.75. The molecule has 0 bridgehead atoms. The first kappa shape index (κ1) is 11.5. The van der Waals surface area contributed by atoms with Crippen molar-refractivity contribution in [1.29, 1.82) is 0 Å². The summed E-state index contributed by atoms with van der Waals surface area (Å²) in [4.78, 5) is 25.0. The van der Waals surface area contributed by atoms with Crippen molar-refractivity contribution < 1.29 is 5.11 Å². The van der Waals surface area contributed by atoms with Crippen molar-refractivity contribution in [2.75, 3.05) is 0 Å². The van der Waals surface area contributed by atoms with E-state index in [0.717, 1.165) is 4.57 Å². The van der Waals surface area contributed by atoms with Crippen LogP contribution in [0.4, 0.5) is 0 Å². The van der Waals surface area contributed by atoms with Gasteiger partial charge in [0.25, 0.3) is 5.56 Å². The molecular formula is C11H9ClN2O3. The van der Waals surface area contributed by atoms with Gasteiger partial charge < -0.3 is 5.11 Å². The molecule has 0 unspecified atom stereocenters. The zero-order valence-corrected chi connectivity index (χ0v) is 9.65. The van der Waals surface area contributed by atoms with Gasteiger partial charge in [-0.2, -0.15) is 0 Å². The number of aromatic hydroxyl groups is 1. The van der Waals surface area contributed by atoms with E-state index in [9.17, 15) is 14.7 Å². The van der Waals surface area contributed by atoms with Crippen molar-refractivity contribution in [3.05, 3.63) is 50.1 Å². The van der Waals surface area contributed by atoms with Crippen LogP contribution in [-0.4, -0.2) is 14.7 Å². The van der Waals surface area contributed by atoms with Crippen molar-refractivity contribution in [2.24, 2.45) is 7.05 Å². The van der Waals surface area contributed by atoms with E-state index in [2.05, 4.69) is 4.98 Å². The molecule has 17 heavy (non-hydrogen) atoms. The van der Waals surface area contributed by atoms with Crippen LogP contribution < -0.4 is 11.2 Å². The van der Waals surface area contributed by atoms with E-state index in [1.807, 2.05) is 0 Å². The topological polar surface area (TPSA) is 75.1 Å². The van der Waals surface area contributed by atoms with Crippen molar-refractivity contribution in [3.63, 3.8) is 0 Å². The third kappa shape index (κ3) is 1.85. The van der Waals surface area contributed by atoms with Crippen LogP contribution in [0.5, 0.6) is 5.88 Å². The number of aromatic amines is 1. The second kappa shape index (κ2) is 4.10. The monoisotopic (exact) mass is 252 g/mol. The molecule has 0 aliphatic carbocycles. The molecule has 0 aliphatic heterocycles. The summed E-state index contributed by atoms with van der Waals surface area (Å²) in [6.07, 6.45) is 0. The SMILES string of the molecule is Cn1c(O)c(-c2ccccc2Cl)c(=O)[nH]c1=O. The molecule has 2 aromatic rings. The number of halogens is 1. The number of hydrogen-bond donors (Lipinski definition) is 2. The molecule has 0 fully saturated rings. The number of nitrogens with zero attached hydrogens (tertiary/aromatic N) is 1. The van der Waals surface area contributed by atoms with Crippen molar-refractivity contribution in [3.8, 4) is 17.0 Å². The molecule has 88 valence electrons. The highest BCUT2D eigenvalue weighted by atomic mass is 35.5. The average molecular weight is 253 g/mol. The Morgan fingerprint density at radius 2 is 1.94 bits per heavy atom. The average Bonchev–Trinajstić information content (AvgIpc) is 2.29. The molecule has 5 nitrogen and oxygen atoms in total. The van der Waals surface area contributed by atoms with Crippen LogP contribution >= 0.6 is 11.6 Å². The second-order valence-electron chi connectivity index (χ2n) is 3.50. The number of hydrogen-bond acceptors (Lipinski definition) is 3. The summed E-state index contributed by atoms with van der Waals surface area (Å²) in [5, 5.41) is 10.1. The predicted octanol–water partition coefficient (Wildman–Crippen LogP) is 1.10. The van der Waals surface area contributed by atoms with Gasteiger partial charge in [0.15, 0.2) is 0 Å². The lowest BCUT2D eigenvalue weighted by atomic mass is 10.1. The van der Waals surface area contributed by atoms with Gasteiger partial charge in [-0.25, -0.2) is 4.79 Å². The van der Waals surface area contributed by atoms with Crippen molar-refractivity contribution in [2.45, 2.75) is 0 Å². The van der Waals surface area contributed by atoms with Crippen molar-refractivity contribution >= 4 is 11.6 Å². The summed E-state index contributed by atoms with van der Waals surface area (Å²) in [6, 6.07) is 6.59. The Hall–Kier alpha value is -2.01. The maximum atomic E-state index is 11.7. The lowest BCUT2D eigenvalue weighted by molar-refractivity contribution is 0.420. The summed E-state index contributed by atoms with van der Waals surface area (Å²) < 4.78 is 0.945. The summed E-state index contributed by atoms with van der Waals surface area (Å²) in [6.45, 7) is 0. The molecule has 1 heterocycles. The Kier molecular flexibility index (Phi) is 2.77. The van der Waals surface area contributed by atoms with Gasteiger partial charge in [-0.05, 0) is 6.07 Å². The van der Waals surface area contributed by atoms with Gasteiger partial charge in [0.1, 0.15) is 5.56 Å². The number of nitrogens with one attached hydrogen (secondary N) is 1. The Bertz CT molecular complexity index is 688. The molecule has 0 spiro atoms. The van der Waals surface area contributed by atoms with Gasteiger partial charge in [0, 0.05) is 17.6 Å². The summed E-state index contributed by atoms with van der Waals surface area (Å²) >= 11 is 5.94. The summed E-state index contributed by atoms with van der Waals surface area (Å²) in [5.74, 6) is -0.410. The molecule has 2 rings (SSSR count). The van der Waals surface area contributed by atoms with Gasteiger partial charge in [-0.3, -0.25) is 14.3 Å². The third-order valence-electron chi connectivity index (χ3n) is 2.44. The fraction of sp³-hybridized carbons (Fsp3) is 0.0909. The molecule has 1 aromatic carbocycles. The van der Waals surface area contributed by atoms with E-state index in [1.54, 1.807) is 24.3 Å². The van der Waals surface area contributed by atoms with E-state index >= 15 is 0 Å². The van der Waals surface area contributed by atoms with Gasteiger partial charge >= 0.3 is 5.69 Å². The highest BCUT2D eigenvalue weighted by Crippen LogP contribution is 2.29. The summed E-state index contributed by atoms with van der Waals surface area (Å²) in [7, 11) is 1.36. The first-order valence-corrected chi connectivity index (χ1v) is 5.17. The molecule has 0 atom stereocenters. The molecular weight excluding hydrogens is 244 g/mol. The largest absolute Gasteiger partial charge is 0.494 e. The Morgan fingerprint density at radius 3 is 2.59 bits per heavy atom. The molecule has 1 aromatic heterocycles. The van der Waals surface area contributed by atoms with Crippen LogP contribution in [0.15, 0.2) is 33.9 Å². The smallest absolute Gasteiger partial charge is 0.330 e. The molecule has 2 N–H and O–H groups in total. The quantitative estimate of drug-likeness (QED) is 0.798. The number of rotatable bonds is 1. The molecule has 0 aliphatic rings. The summed E-state index contributed by atoms with van der Waals surface area (Å²) in [5.41, 5.74) is -0.983. The van der Waals surface area contributed by atoms with E-state index in [0.29, 0.717) is 10.6 Å². The van der Waals surface area contributed by atoms with E-state index in [1.165, 1.54) is 7.05 Å². The Morgan fingerprint density at radius 1 is 1.29 bits per heavy atom. The number of aromatic nitrogens is 2. The Balaban J connectivity index is 2.87. The minimum atomic E-state index is -0.677. The molecule has 0 amide bonds. The third-order valence-corrected chi connectivity index (χ3v) is 2.77. The van der Waals surface area contributed by atoms with Crippen LogP contribution in [0.3, 0.4) is 0 Å². The minimum Gasteiger partial charge on any atom is -0.494 e. The van der Waals surface area contributed by atoms with Crippen LogP contribution in [0.1, 0.15) is 0 Å². The van der Waals surface area contributed by atoms with Crippen LogP contribution in [0, 0.1) is 0 Å². The number of benzene rings is 1. The molecule has 0 saturated carbocycles. The standard InChI is InChI=1S/C11H9ClN2O3/c1-14-10(16)8(9(15)13-11(14)17)6-4-2-3-5-7(6)12/h2-5,16H,1H3,(H,13,15,17). The van der Waals surface area contributed by atoms with Crippen molar-refractivity contribution in [1.82, 2.24) is 9.55 Å². The number of H-pyrrole nitrogens is 1. The maximum Gasteiger partial charge on any atom is 0.330 e. The van der Waals surface area contributed by atoms with Gasteiger partial charge in [-0.1, -0.05) is 29.8 Å². The van der Waals surface area contributed by atoms with E-state index in [4.69, 9.17) is 11.6 Å². The highest BCUT2D eigenvalue weighted by Gasteiger charge is 2.15. The van der Waals surface area contributed by atoms with Gasteiger partial charge in [0.05, 0.1) is 0 Å². The second-order valence-corrected chi connectivity index (χ2v) is 3.90. The first-order chi connectivity index (χ1) is 8.02. The maximum absolute atomic E-state index is 11.7. The Labute approximate surface area is 101 Å². The van der Waals surface area contributed by atoms with Crippen LogP contribution in [-0.2, 0) is 7.05 Å². The van der Waals surface area contributed by atoms with Crippen LogP contribution in [0.25, 0.3) is 11.1 Å². The fourth-order valence-electron chi connectivity index (χ4n) is 1.52. The lowest BCUT2D eigenvalue weighted by Crippen LogP contribution is -2.29. The normalized spacial score (nSPS) is 10.5. The highest BCUT2D eigenvalue weighted by molar-refractivity contribution is 6.33. The first-order valence-electron chi connectivity index (χ1n) is 4.79. The van der Waals surface area contributed by atoms with E-state index < -0.39 is 17.1 Å². The zero-order chi connectivity index (χ0) is 12.6. The van der Waals surface area contributed by atoms with Crippen LogP contribution in [0.2, 0.25) is 5.02 Å². The minimum absolute atomic E-state index is 0.0160. The van der Waals surface area contributed by atoms with Gasteiger partial charge in [-0.15, -0.1) is 0 Å². The zero-order valence-electron chi connectivity index (χ0n) is 8.90. The van der Waals surface area contributed by atoms with Gasteiger partial charge in [0.2, 0.25) is 5.88 Å². The molecule has 0 saturated heterocycles. The van der Waals surface area contributed by atoms with E-state index in [-0.39, 0.29) is 5.56 Å².